The molecule has 1 aromatic rings. The first-order valence-electron chi connectivity index (χ1n) is 7.85. The Balaban J connectivity index is 2.08. The lowest BCUT2D eigenvalue weighted by Gasteiger charge is -2.46. The molecule has 4 heteroatoms. The van der Waals surface area contributed by atoms with Crippen molar-refractivity contribution in [3.8, 4) is 0 Å². The van der Waals surface area contributed by atoms with E-state index in [1.165, 1.54) is 31.4 Å². The zero-order valence-electron chi connectivity index (χ0n) is 13.0. The molecule has 2 nitrogen and oxygen atoms in total. The molecule has 0 bridgehead atoms. The van der Waals surface area contributed by atoms with Crippen LogP contribution in [-0.4, -0.2) is 24.0 Å². The minimum atomic E-state index is -0.519. The molecule has 0 aliphatic heterocycles. The van der Waals surface area contributed by atoms with Crippen molar-refractivity contribution in [2.75, 3.05) is 13.6 Å². The molecule has 0 unspecified atom stereocenters. The number of halogens is 2. The second kappa shape index (κ2) is 6.84. The van der Waals surface area contributed by atoms with E-state index in [1.54, 1.807) is 0 Å². The van der Waals surface area contributed by atoms with Crippen LogP contribution in [0.4, 0.5) is 8.78 Å². The van der Waals surface area contributed by atoms with Crippen LogP contribution in [0.5, 0.6) is 0 Å². The van der Waals surface area contributed by atoms with Gasteiger partial charge in [0, 0.05) is 24.7 Å². The van der Waals surface area contributed by atoms with Crippen LogP contribution >= 0.6 is 0 Å². The van der Waals surface area contributed by atoms with Gasteiger partial charge in [-0.2, -0.15) is 0 Å². The molecule has 0 spiro atoms. The maximum absolute atomic E-state index is 13.3. The molecule has 0 radical (unpaired) electrons. The summed E-state index contributed by atoms with van der Waals surface area (Å²) < 4.78 is 26.6. The summed E-state index contributed by atoms with van der Waals surface area (Å²) in [6.07, 6.45) is 5.73. The highest BCUT2D eigenvalue weighted by Crippen LogP contribution is 2.37. The van der Waals surface area contributed by atoms with Crippen LogP contribution in [0.1, 0.15) is 44.6 Å². The molecule has 0 saturated heterocycles. The van der Waals surface area contributed by atoms with Crippen LogP contribution in [-0.2, 0) is 6.54 Å². The maximum atomic E-state index is 13.3. The number of hydrogen-bond donors (Lipinski definition) is 1. The minimum absolute atomic E-state index is 0.0333. The van der Waals surface area contributed by atoms with Gasteiger partial charge in [0.25, 0.3) is 0 Å². The number of nitrogens with two attached hydrogens (primary N) is 1. The molecule has 1 aromatic carbocycles. The largest absolute Gasteiger partial charge is 0.329 e. The molecular formula is C17H26F2N2. The van der Waals surface area contributed by atoms with Gasteiger partial charge in [-0.3, -0.25) is 4.90 Å². The highest BCUT2D eigenvalue weighted by Gasteiger charge is 2.37. The topological polar surface area (TPSA) is 29.3 Å². The Kier molecular flexibility index (Phi) is 5.33. The van der Waals surface area contributed by atoms with Gasteiger partial charge >= 0.3 is 0 Å². The van der Waals surface area contributed by atoms with Crippen molar-refractivity contribution in [2.45, 2.75) is 51.1 Å². The molecule has 0 atom stereocenters. The van der Waals surface area contributed by atoms with Gasteiger partial charge in [0.15, 0.2) is 0 Å². The second-order valence-electron chi connectivity index (χ2n) is 6.41. The van der Waals surface area contributed by atoms with E-state index in [9.17, 15) is 8.78 Å². The van der Waals surface area contributed by atoms with Gasteiger partial charge in [0.1, 0.15) is 11.6 Å². The van der Waals surface area contributed by atoms with E-state index in [1.807, 2.05) is 7.05 Å². The van der Waals surface area contributed by atoms with Crippen LogP contribution in [0.3, 0.4) is 0 Å². The van der Waals surface area contributed by atoms with Crippen molar-refractivity contribution in [2.24, 2.45) is 11.7 Å². The van der Waals surface area contributed by atoms with Gasteiger partial charge < -0.3 is 5.73 Å². The Morgan fingerprint density at radius 1 is 1.19 bits per heavy atom. The molecule has 0 heterocycles. The fourth-order valence-corrected chi connectivity index (χ4v) is 3.51. The molecule has 1 saturated carbocycles. The van der Waals surface area contributed by atoms with Crippen molar-refractivity contribution in [1.82, 2.24) is 4.90 Å². The number of likely N-dealkylation sites (N-methyl/N-ethyl adjacent to an activating group) is 1. The maximum Gasteiger partial charge on any atom is 0.126 e. The van der Waals surface area contributed by atoms with Crippen molar-refractivity contribution in [1.29, 1.82) is 0 Å². The summed E-state index contributed by atoms with van der Waals surface area (Å²) in [6.45, 7) is 3.36. The smallest absolute Gasteiger partial charge is 0.126 e. The molecular weight excluding hydrogens is 270 g/mol. The summed E-state index contributed by atoms with van der Waals surface area (Å²) >= 11 is 0. The van der Waals surface area contributed by atoms with Gasteiger partial charge in [0.2, 0.25) is 0 Å². The zero-order valence-corrected chi connectivity index (χ0v) is 13.0. The van der Waals surface area contributed by atoms with Crippen molar-refractivity contribution < 1.29 is 8.78 Å². The summed E-state index contributed by atoms with van der Waals surface area (Å²) in [5.74, 6) is -0.241. The summed E-state index contributed by atoms with van der Waals surface area (Å²) in [7, 11) is 2.02. The third kappa shape index (κ3) is 3.80. The first kappa shape index (κ1) is 16.4. The van der Waals surface area contributed by atoms with Gasteiger partial charge in [-0.1, -0.05) is 13.3 Å². The molecule has 1 aliphatic rings. The lowest BCUT2D eigenvalue weighted by molar-refractivity contribution is 0.0578. The van der Waals surface area contributed by atoms with E-state index in [-0.39, 0.29) is 5.54 Å². The quantitative estimate of drug-likeness (QED) is 0.898. The van der Waals surface area contributed by atoms with Gasteiger partial charge in [0.05, 0.1) is 0 Å². The molecule has 21 heavy (non-hydrogen) atoms. The summed E-state index contributed by atoms with van der Waals surface area (Å²) in [6, 6.07) is 3.72. The highest BCUT2D eigenvalue weighted by molar-refractivity contribution is 5.18. The highest BCUT2D eigenvalue weighted by atomic mass is 19.1. The van der Waals surface area contributed by atoms with Crippen LogP contribution < -0.4 is 5.73 Å². The van der Waals surface area contributed by atoms with Gasteiger partial charge in [-0.15, -0.1) is 0 Å². The van der Waals surface area contributed by atoms with Crippen LogP contribution in [0, 0.1) is 17.6 Å². The monoisotopic (exact) mass is 296 g/mol. The standard InChI is InChI=1S/C17H26F2N2/c1-3-13-4-6-17(12-20,7-5-13)21(2)11-14-8-15(18)10-16(19)9-14/h8-10,13H,3-7,11-12,20H2,1-2H3. The molecule has 1 aliphatic carbocycles. The van der Waals surface area contributed by atoms with E-state index < -0.39 is 11.6 Å². The number of rotatable bonds is 5. The Morgan fingerprint density at radius 2 is 1.76 bits per heavy atom. The predicted octanol–water partition coefficient (Wildman–Crippen LogP) is 3.69. The minimum Gasteiger partial charge on any atom is -0.329 e. The molecule has 118 valence electrons. The number of benzene rings is 1. The summed E-state index contributed by atoms with van der Waals surface area (Å²) in [5, 5.41) is 0. The Hall–Kier alpha value is -1.00. The average molecular weight is 296 g/mol. The summed E-state index contributed by atoms with van der Waals surface area (Å²) in [4.78, 5) is 2.19. The van der Waals surface area contributed by atoms with Gasteiger partial charge in [-0.05, 0) is 56.3 Å². The Morgan fingerprint density at radius 3 is 2.24 bits per heavy atom. The predicted molar refractivity (Wildman–Crippen MR) is 81.9 cm³/mol. The number of hydrogen-bond acceptors (Lipinski definition) is 2. The third-order valence-corrected chi connectivity index (χ3v) is 5.15. The van der Waals surface area contributed by atoms with Crippen LogP contribution in [0.25, 0.3) is 0 Å². The van der Waals surface area contributed by atoms with E-state index in [4.69, 9.17) is 5.73 Å². The second-order valence-corrected chi connectivity index (χ2v) is 6.41. The van der Waals surface area contributed by atoms with E-state index >= 15 is 0 Å². The lowest BCUT2D eigenvalue weighted by Crippen LogP contribution is -2.53. The van der Waals surface area contributed by atoms with Gasteiger partial charge in [-0.25, -0.2) is 8.78 Å². The van der Waals surface area contributed by atoms with E-state index in [0.29, 0.717) is 18.7 Å². The molecule has 2 N–H and O–H groups in total. The Bertz CT molecular complexity index is 448. The molecule has 2 rings (SSSR count). The number of nitrogens with zero attached hydrogens (tertiary/aromatic N) is 1. The molecule has 0 aromatic heterocycles. The SMILES string of the molecule is CCC1CCC(CN)(N(C)Cc2cc(F)cc(F)c2)CC1. The normalized spacial score (nSPS) is 26.3. The van der Waals surface area contributed by atoms with E-state index in [0.717, 1.165) is 24.8 Å². The fourth-order valence-electron chi connectivity index (χ4n) is 3.51. The first-order chi connectivity index (χ1) is 9.99. The summed E-state index contributed by atoms with van der Waals surface area (Å²) in [5.41, 5.74) is 6.68. The fraction of sp³-hybridized carbons (Fsp3) is 0.647. The van der Waals surface area contributed by atoms with E-state index in [2.05, 4.69) is 11.8 Å². The average Bonchev–Trinajstić information content (AvgIpc) is 2.46. The van der Waals surface area contributed by atoms with Crippen molar-refractivity contribution in [3.05, 3.63) is 35.4 Å². The Labute approximate surface area is 126 Å². The van der Waals surface area contributed by atoms with Crippen molar-refractivity contribution in [3.63, 3.8) is 0 Å². The van der Waals surface area contributed by atoms with Crippen LogP contribution in [0.2, 0.25) is 0 Å². The lowest BCUT2D eigenvalue weighted by atomic mass is 9.74. The zero-order chi connectivity index (χ0) is 15.5. The van der Waals surface area contributed by atoms with Crippen LogP contribution in [0.15, 0.2) is 18.2 Å². The molecule has 1 fully saturated rings. The molecule has 0 amide bonds. The third-order valence-electron chi connectivity index (χ3n) is 5.15. The first-order valence-corrected chi connectivity index (χ1v) is 7.85. The van der Waals surface area contributed by atoms with Crippen molar-refractivity contribution >= 4 is 0 Å².